The number of carbonyl (C=O) groups is 1. The average Bonchev–Trinajstić information content (AvgIpc) is 3.19. The summed E-state index contributed by atoms with van der Waals surface area (Å²) >= 11 is 0. The standard InChI is InChI=1S/C22H31N5O2/c1-15-13-19(29-25-15)17-14-23-22(26(2)3)24-20(17)18-11-7-8-12-27(18)21(28)16-9-5-4-6-10-16/h13-14,16,18H,4-12H2,1-3H3/t18-/m1/s1. The topological polar surface area (TPSA) is 75.4 Å². The van der Waals surface area contributed by atoms with Gasteiger partial charge in [-0.3, -0.25) is 4.79 Å². The molecule has 0 radical (unpaired) electrons. The summed E-state index contributed by atoms with van der Waals surface area (Å²) in [5.41, 5.74) is 2.54. The van der Waals surface area contributed by atoms with Gasteiger partial charge in [0.25, 0.3) is 0 Å². The van der Waals surface area contributed by atoms with E-state index >= 15 is 0 Å². The number of aryl methyl sites for hydroxylation is 1. The molecule has 3 heterocycles. The van der Waals surface area contributed by atoms with E-state index in [2.05, 4.69) is 15.0 Å². The van der Waals surface area contributed by atoms with Crippen molar-refractivity contribution in [3.63, 3.8) is 0 Å². The van der Waals surface area contributed by atoms with E-state index in [1.165, 1.54) is 6.42 Å². The predicted molar refractivity (Wildman–Crippen MR) is 111 cm³/mol. The first-order valence-corrected chi connectivity index (χ1v) is 10.8. The Morgan fingerprint density at radius 1 is 1.14 bits per heavy atom. The number of hydrogen-bond acceptors (Lipinski definition) is 6. The number of amides is 1. The van der Waals surface area contributed by atoms with Crippen molar-refractivity contribution < 1.29 is 9.32 Å². The molecule has 2 fully saturated rings. The average molecular weight is 398 g/mol. The summed E-state index contributed by atoms with van der Waals surface area (Å²) in [5.74, 6) is 1.78. The Bertz CT molecular complexity index is 857. The van der Waals surface area contributed by atoms with Crippen molar-refractivity contribution >= 4 is 11.9 Å². The molecule has 0 unspecified atom stereocenters. The van der Waals surface area contributed by atoms with Crippen LogP contribution in [0.3, 0.4) is 0 Å². The number of piperidine rings is 1. The Morgan fingerprint density at radius 3 is 2.59 bits per heavy atom. The smallest absolute Gasteiger partial charge is 0.226 e. The van der Waals surface area contributed by atoms with Crippen molar-refractivity contribution in [3.05, 3.63) is 23.7 Å². The lowest BCUT2D eigenvalue weighted by molar-refractivity contribution is -0.140. The largest absolute Gasteiger partial charge is 0.356 e. The van der Waals surface area contributed by atoms with Crippen molar-refractivity contribution in [1.82, 2.24) is 20.0 Å². The normalized spacial score (nSPS) is 20.7. The number of carbonyl (C=O) groups excluding carboxylic acids is 1. The minimum absolute atomic E-state index is 0.0414. The summed E-state index contributed by atoms with van der Waals surface area (Å²) in [6, 6.07) is 1.87. The van der Waals surface area contributed by atoms with Crippen LogP contribution in [0.4, 0.5) is 5.95 Å². The van der Waals surface area contributed by atoms with Gasteiger partial charge in [0.2, 0.25) is 11.9 Å². The molecule has 1 amide bonds. The third-order valence-corrected chi connectivity index (χ3v) is 6.15. The number of nitrogens with zero attached hydrogens (tertiary/aromatic N) is 5. The van der Waals surface area contributed by atoms with Crippen molar-refractivity contribution in [1.29, 1.82) is 0 Å². The summed E-state index contributed by atoms with van der Waals surface area (Å²) in [5, 5.41) is 4.04. The molecule has 2 aliphatic rings. The van der Waals surface area contributed by atoms with E-state index in [1.807, 2.05) is 38.2 Å². The summed E-state index contributed by atoms with van der Waals surface area (Å²) in [4.78, 5) is 26.8. The fourth-order valence-electron chi connectivity index (χ4n) is 4.60. The summed E-state index contributed by atoms with van der Waals surface area (Å²) in [7, 11) is 3.87. The number of hydrogen-bond donors (Lipinski definition) is 0. The van der Waals surface area contributed by atoms with Gasteiger partial charge in [0, 0.05) is 38.8 Å². The number of likely N-dealkylation sites (tertiary alicyclic amines) is 1. The molecule has 29 heavy (non-hydrogen) atoms. The van der Waals surface area contributed by atoms with E-state index < -0.39 is 0 Å². The van der Waals surface area contributed by atoms with Gasteiger partial charge >= 0.3 is 0 Å². The second kappa shape index (κ2) is 8.51. The van der Waals surface area contributed by atoms with Crippen LogP contribution in [0.25, 0.3) is 11.3 Å². The first kappa shape index (κ1) is 19.9. The zero-order chi connectivity index (χ0) is 20.4. The maximum absolute atomic E-state index is 13.4. The van der Waals surface area contributed by atoms with Crippen LogP contribution in [0.1, 0.15) is 68.8 Å². The highest BCUT2D eigenvalue weighted by atomic mass is 16.5. The molecule has 0 bridgehead atoms. The Hall–Kier alpha value is -2.44. The molecule has 1 aliphatic heterocycles. The maximum Gasteiger partial charge on any atom is 0.226 e. The molecule has 4 rings (SSSR count). The minimum atomic E-state index is -0.0414. The molecule has 1 aliphatic carbocycles. The number of aromatic nitrogens is 3. The molecule has 2 aromatic heterocycles. The van der Waals surface area contributed by atoms with Crippen LogP contribution in [-0.2, 0) is 4.79 Å². The van der Waals surface area contributed by atoms with Gasteiger partial charge in [-0.15, -0.1) is 0 Å². The molecule has 1 saturated carbocycles. The monoisotopic (exact) mass is 397 g/mol. The highest BCUT2D eigenvalue weighted by molar-refractivity contribution is 5.80. The lowest BCUT2D eigenvalue weighted by Crippen LogP contribution is -2.43. The van der Waals surface area contributed by atoms with Crippen LogP contribution in [0.15, 0.2) is 16.8 Å². The molecular formula is C22H31N5O2. The molecule has 0 N–H and O–H groups in total. The molecule has 2 aromatic rings. The fourth-order valence-corrected chi connectivity index (χ4v) is 4.60. The molecule has 1 atom stereocenters. The van der Waals surface area contributed by atoms with Crippen molar-refractivity contribution in [2.75, 3.05) is 25.5 Å². The van der Waals surface area contributed by atoms with Crippen molar-refractivity contribution in [3.8, 4) is 11.3 Å². The van der Waals surface area contributed by atoms with Crippen LogP contribution in [0.2, 0.25) is 0 Å². The van der Waals surface area contributed by atoms with E-state index in [0.717, 1.165) is 68.4 Å². The first-order valence-electron chi connectivity index (χ1n) is 10.8. The fraction of sp³-hybridized carbons (Fsp3) is 0.636. The highest BCUT2D eigenvalue weighted by Gasteiger charge is 2.35. The Labute approximate surface area is 172 Å². The molecule has 7 nitrogen and oxygen atoms in total. The quantitative estimate of drug-likeness (QED) is 0.772. The Balaban J connectivity index is 1.73. The minimum Gasteiger partial charge on any atom is -0.356 e. The molecule has 156 valence electrons. The summed E-state index contributed by atoms with van der Waals surface area (Å²) in [6.07, 6.45) is 10.5. The van der Waals surface area contributed by atoms with Crippen molar-refractivity contribution in [2.24, 2.45) is 5.92 Å². The zero-order valence-corrected chi connectivity index (χ0v) is 17.7. The summed E-state index contributed by atoms with van der Waals surface area (Å²) in [6.45, 7) is 2.71. The van der Waals surface area contributed by atoms with Gasteiger partial charge in [-0.1, -0.05) is 24.4 Å². The van der Waals surface area contributed by atoms with E-state index in [9.17, 15) is 4.79 Å². The third-order valence-electron chi connectivity index (χ3n) is 6.15. The maximum atomic E-state index is 13.4. The van der Waals surface area contributed by atoms with Crippen LogP contribution >= 0.6 is 0 Å². The van der Waals surface area contributed by atoms with Gasteiger partial charge in [0.05, 0.1) is 23.0 Å². The van der Waals surface area contributed by atoms with Crippen LogP contribution in [0, 0.1) is 12.8 Å². The van der Waals surface area contributed by atoms with Crippen LogP contribution in [-0.4, -0.2) is 46.6 Å². The van der Waals surface area contributed by atoms with E-state index in [4.69, 9.17) is 9.51 Å². The first-order chi connectivity index (χ1) is 14.0. The summed E-state index contributed by atoms with van der Waals surface area (Å²) < 4.78 is 5.55. The number of anilines is 1. The predicted octanol–water partition coefficient (Wildman–Crippen LogP) is 4.14. The molecule has 0 spiro atoms. The van der Waals surface area contributed by atoms with Gasteiger partial charge in [-0.05, 0) is 39.0 Å². The van der Waals surface area contributed by atoms with Gasteiger partial charge in [0.15, 0.2) is 5.76 Å². The highest BCUT2D eigenvalue weighted by Crippen LogP contribution is 2.38. The lowest BCUT2D eigenvalue weighted by Gasteiger charge is -2.39. The Kier molecular flexibility index (Phi) is 5.83. The van der Waals surface area contributed by atoms with E-state index in [1.54, 1.807) is 0 Å². The SMILES string of the molecule is Cc1cc(-c2cnc(N(C)C)nc2[C@H]2CCCCN2C(=O)C2CCCCC2)on1. The van der Waals surface area contributed by atoms with Gasteiger partial charge in [-0.2, -0.15) is 0 Å². The van der Waals surface area contributed by atoms with Crippen LogP contribution < -0.4 is 4.90 Å². The van der Waals surface area contributed by atoms with Crippen LogP contribution in [0.5, 0.6) is 0 Å². The molecule has 7 heteroatoms. The molecule has 1 saturated heterocycles. The molecule has 0 aromatic carbocycles. The second-order valence-corrected chi connectivity index (χ2v) is 8.57. The zero-order valence-electron chi connectivity index (χ0n) is 17.7. The van der Waals surface area contributed by atoms with Gasteiger partial charge in [0.1, 0.15) is 0 Å². The Morgan fingerprint density at radius 2 is 1.90 bits per heavy atom. The second-order valence-electron chi connectivity index (χ2n) is 8.57. The van der Waals surface area contributed by atoms with Crippen molar-refractivity contribution in [2.45, 2.75) is 64.3 Å². The van der Waals surface area contributed by atoms with E-state index in [0.29, 0.717) is 17.6 Å². The van der Waals surface area contributed by atoms with Gasteiger partial charge in [-0.25, -0.2) is 9.97 Å². The number of rotatable bonds is 4. The van der Waals surface area contributed by atoms with E-state index in [-0.39, 0.29) is 12.0 Å². The lowest BCUT2D eigenvalue weighted by atomic mass is 9.86. The van der Waals surface area contributed by atoms with Gasteiger partial charge < -0.3 is 14.3 Å². The third kappa shape index (κ3) is 4.14. The molecular weight excluding hydrogens is 366 g/mol.